The summed E-state index contributed by atoms with van der Waals surface area (Å²) in [5.41, 5.74) is 0.859. The standard InChI is InChI=1S/C23H34N4O5S/c1-4-5-15-31-16-17-32-22-21(18-24-27(23(22)28)20-9-7-6-8-10-20)25-11-13-26(14-12-25)33(29,30)19(2)3/h6-10,18-19H,4-5,11-17H2,1-3H3. The van der Waals surface area contributed by atoms with Gasteiger partial charge in [-0.25, -0.2) is 8.42 Å². The van der Waals surface area contributed by atoms with Gasteiger partial charge >= 0.3 is 5.56 Å². The fourth-order valence-corrected chi connectivity index (χ4v) is 4.84. The molecule has 2 heterocycles. The number of aromatic nitrogens is 2. The first-order valence-electron chi connectivity index (χ1n) is 11.5. The summed E-state index contributed by atoms with van der Waals surface area (Å²) in [6, 6.07) is 9.17. The van der Waals surface area contributed by atoms with E-state index >= 15 is 0 Å². The number of hydrogen-bond acceptors (Lipinski definition) is 7. The van der Waals surface area contributed by atoms with Crippen LogP contribution >= 0.6 is 0 Å². The molecule has 0 N–H and O–H groups in total. The predicted octanol–water partition coefficient (Wildman–Crippen LogP) is 2.29. The predicted molar refractivity (Wildman–Crippen MR) is 129 cm³/mol. The lowest BCUT2D eigenvalue weighted by Gasteiger charge is -2.36. The van der Waals surface area contributed by atoms with Crippen LogP contribution in [0.1, 0.15) is 33.6 Å². The van der Waals surface area contributed by atoms with Crippen LogP contribution in [0, 0.1) is 0 Å². The van der Waals surface area contributed by atoms with Gasteiger partial charge in [0, 0.05) is 32.8 Å². The molecule has 33 heavy (non-hydrogen) atoms. The Kier molecular flexibility index (Phi) is 8.87. The van der Waals surface area contributed by atoms with Crippen molar-refractivity contribution in [2.24, 2.45) is 0 Å². The minimum absolute atomic E-state index is 0.202. The molecule has 182 valence electrons. The summed E-state index contributed by atoms with van der Waals surface area (Å²) < 4.78 is 39.3. The number of para-hydroxylation sites is 1. The fraction of sp³-hybridized carbons (Fsp3) is 0.565. The number of unbranched alkanes of at least 4 members (excludes halogenated alkanes) is 1. The zero-order valence-corrected chi connectivity index (χ0v) is 20.5. The van der Waals surface area contributed by atoms with Gasteiger partial charge in [-0.1, -0.05) is 31.5 Å². The van der Waals surface area contributed by atoms with Gasteiger partial charge < -0.3 is 14.4 Å². The first-order valence-corrected chi connectivity index (χ1v) is 13.0. The maximum Gasteiger partial charge on any atom is 0.316 e. The minimum Gasteiger partial charge on any atom is -0.484 e. The smallest absolute Gasteiger partial charge is 0.316 e. The molecule has 9 nitrogen and oxygen atoms in total. The third-order valence-corrected chi connectivity index (χ3v) is 7.84. The Bertz CT molecular complexity index is 1050. The topological polar surface area (TPSA) is 94.0 Å². The third-order valence-electron chi connectivity index (χ3n) is 5.57. The van der Waals surface area contributed by atoms with Crippen molar-refractivity contribution >= 4 is 15.7 Å². The zero-order chi connectivity index (χ0) is 23.8. The summed E-state index contributed by atoms with van der Waals surface area (Å²) in [6.07, 6.45) is 3.65. The number of nitrogens with zero attached hydrogens (tertiary/aromatic N) is 4. The lowest BCUT2D eigenvalue weighted by molar-refractivity contribution is 0.0974. The maximum atomic E-state index is 13.3. The van der Waals surface area contributed by atoms with Crippen LogP contribution in [0.5, 0.6) is 5.75 Å². The van der Waals surface area contributed by atoms with Crippen molar-refractivity contribution < 1.29 is 17.9 Å². The van der Waals surface area contributed by atoms with Gasteiger partial charge in [0.15, 0.2) is 0 Å². The molecule has 1 saturated heterocycles. The SMILES string of the molecule is CCCCOCCOc1c(N2CCN(S(=O)(=O)C(C)C)CC2)cnn(-c2ccccc2)c1=O. The highest BCUT2D eigenvalue weighted by Crippen LogP contribution is 2.26. The van der Waals surface area contributed by atoms with Crippen molar-refractivity contribution in [3.05, 3.63) is 46.9 Å². The van der Waals surface area contributed by atoms with E-state index in [1.807, 2.05) is 23.1 Å². The van der Waals surface area contributed by atoms with Crippen LogP contribution in [-0.2, 0) is 14.8 Å². The number of hydrogen-bond donors (Lipinski definition) is 0. The summed E-state index contributed by atoms with van der Waals surface area (Å²) in [4.78, 5) is 15.3. The second kappa shape index (κ2) is 11.6. The summed E-state index contributed by atoms with van der Waals surface area (Å²) in [5, 5.41) is 3.90. The van der Waals surface area contributed by atoms with E-state index in [0.29, 0.717) is 50.8 Å². The van der Waals surface area contributed by atoms with Crippen LogP contribution in [0.25, 0.3) is 5.69 Å². The summed E-state index contributed by atoms with van der Waals surface area (Å²) >= 11 is 0. The van der Waals surface area contributed by atoms with Crippen molar-refractivity contribution in [3.63, 3.8) is 0 Å². The summed E-state index contributed by atoms with van der Waals surface area (Å²) in [5.74, 6) is 0.202. The van der Waals surface area contributed by atoms with E-state index in [0.717, 1.165) is 12.8 Å². The molecule has 3 rings (SSSR count). The Hall–Kier alpha value is -2.43. The first kappa shape index (κ1) is 25.2. The second-order valence-corrected chi connectivity index (χ2v) is 10.7. The Morgan fingerprint density at radius 2 is 1.73 bits per heavy atom. The molecule has 0 bridgehead atoms. The minimum atomic E-state index is -3.31. The first-order chi connectivity index (χ1) is 15.9. The highest BCUT2D eigenvalue weighted by atomic mass is 32.2. The van der Waals surface area contributed by atoms with E-state index in [2.05, 4.69) is 12.0 Å². The Labute approximate surface area is 196 Å². The Morgan fingerprint density at radius 1 is 1.03 bits per heavy atom. The highest BCUT2D eigenvalue weighted by molar-refractivity contribution is 7.89. The number of ether oxygens (including phenoxy) is 2. The van der Waals surface area contributed by atoms with Crippen LogP contribution in [0.3, 0.4) is 0 Å². The summed E-state index contributed by atoms with van der Waals surface area (Å²) in [7, 11) is -3.31. The molecule has 0 saturated carbocycles. The average Bonchev–Trinajstić information content (AvgIpc) is 2.82. The molecular formula is C23H34N4O5S. The molecule has 0 spiro atoms. The molecule has 0 aliphatic carbocycles. The molecule has 2 aromatic rings. The van der Waals surface area contributed by atoms with Gasteiger partial charge in [0.2, 0.25) is 15.8 Å². The fourth-order valence-electron chi connectivity index (χ4n) is 3.58. The van der Waals surface area contributed by atoms with Crippen molar-refractivity contribution in [1.82, 2.24) is 14.1 Å². The van der Waals surface area contributed by atoms with Crippen LogP contribution in [0.4, 0.5) is 5.69 Å². The Balaban J connectivity index is 1.81. The number of rotatable bonds is 11. The molecule has 0 amide bonds. The van der Waals surface area contributed by atoms with Crippen molar-refractivity contribution in [3.8, 4) is 11.4 Å². The van der Waals surface area contributed by atoms with Gasteiger partial charge in [-0.05, 0) is 32.4 Å². The highest BCUT2D eigenvalue weighted by Gasteiger charge is 2.31. The van der Waals surface area contributed by atoms with Crippen LogP contribution < -0.4 is 15.2 Å². The average molecular weight is 479 g/mol. The van der Waals surface area contributed by atoms with Gasteiger partial charge in [0.05, 0.1) is 23.7 Å². The molecule has 1 aliphatic rings. The van der Waals surface area contributed by atoms with E-state index in [1.54, 1.807) is 32.2 Å². The van der Waals surface area contributed by atoms with Gasteiger partial charge in [-0.15, -0.1) is 0 Å². The third kappa shape index (κ3) is 6.13. The molecule has 1 aromatic carbocycles. The molecule has 1 aromatic heterocycles. The van der Waals surface area contributed by atoms with E-state index in [-0.39, 0.29) is 17.9 Å². The van der Waals surface area contributed by atoms with Crippen molar-refractivity contribution in [2.75, 3.05) is 50.9 Å². The molecular weight excluding hydrogens is 444 g/mol. The monoisotopic (exact) mass is 478 g/mol. The van der Waals surface area contributed by atoms with Crippen LogP contribution in [0.15, 0.2) is 41.3 Å². The second-order valence-electron chi connectivity index (χ2n) is 8.21. The number of sulfonamides is 1. The molecule has 0 unspecified atom stereocenters. The molecule has 1 aliphatic heterocycles. The van der Waals surface area contributed by atoms with E-state index in [9.17, 15) is 13.2 Å². The number of benzene rings is 1. The zero-order valence-electron chi connectivity index (χ0n) is 19.6. The van der Waals surface area contributed by atoms with Crippen molar-refractivity contribution in [1.29, 1.82) is 0 Å². The van der Waals surface area contributed by atoms with Gasteiger partial charge in [-0.3, -0.25) is 4.79 Å². The van der Waals surface area contributed by atoms with Crippen LogP contribution in [0.2, 0.25) is 0 Å². The molecule has 0 radical (unpaired) electrons. The molecule has 1 fully saturated rings. The van der Waals surface area contributed by atoms with Gasteiger partial charge in [0.25, 0.3) is 0 Å². The van der Waals surface area contributed by atoms with E-state index in [1.165, 1.54) is 8.99 Å². The maximum absolute atomic E-state index is 13.3. The number of piperazine rings is 1. The van der Waals surface area contributed by atoms with E-state index < -0.39 is 15.3 Å². The normalized spacial score (nSPS) is 15.2. The lowest BCUT2D eigenvalue weighted by Crippen LogP contribution is -2.50. The quantitative estimate of drug-likeness (QED) is 0.458. The largest absolute Gasteiger partial charge is 0.484 e. The lowest BCUT2D eigenvalue weighted by atomic mass is 10.3. The van der Waals surface area contributed by atoms with Gasteiger partial charge in [-0.2, -0.15) is 14.1 Å². The Morgan fingerprint density at radius 3 is 2.36 bits per heavy atom. The van der Waals surface area contributed by atoms with Crippen molar-refractivity contribution in [2.45, 2.75) is 38.9 Å². The van der Waals surface area contributed by atoms with E-state index in [4.69, 9.17) is 9.47 Å². The number of anilines is 1. The molecule has 10 heteroatoms. The summed E-state index contributed by atoms with van der Waals surface area (Å²) in [6.45, 7) is 8.35. The van der Waals surface area contributed by atoms with Crippen LogP contribution in [-0.4, -0.2) is 73.8 Å². The molecule has 0 atom stereocenters. The van der Waals surface area contributed by atoms with Gasteiger partial charge in [0.1, 0.15) is 12.3 Å².